The molecule has 0 bridgehead atoms. The fourth-order valence-electron chi connectivity index (χ4n) is 3.11. The lowest BCUT2D eigenvalue weighted by Gasteiger charge is -2.09. The molecule has 19 heavy (non-hydrogen) atoms. The van der Waals surface area contributed by atoms with Crippen molar-refractivity contribution in [3.05, 3.63) is 16.6 Å². The van der Waals surface area contributed by atoms with E-state index in [9.17, 15) is 9.90 Å². The minimum Gasteiger partial charge on any atom is -0.477 e. The Labute approximate surface area is 115 Å². The molecule has 2 fully saturated rings. The molecule has 0 spiro atoms. The van der Waals surface area contributed by atoms with E-state index in [-0.39, 0.29) is 0 Å². The zero-order valence-electron chi connectivity index (χ0n) is 10.6. The number of aromatic carboxylic acids is 1. The summed E-state index contributed by atoms with van der Waals surface area (Å²) in [6, 6.07) is 2.31. The summed E-state index contributed by atoms with van der Waals surface area (Å²) in [6.07, 6.45) is 7.30. The second kappa shape index (κ2) is 4.07. The van der Waals surface area contributed by atoms with Crippen LogP contribution >= 0.6 is 11.3 Å². The average Bonchev–Trinajstić information content (AvgIpc) is 2.82. The van der Waals surface area contributed by atoms with Crippen molar-refractivity contribution in [2.45, 2.75) is 50.5 Å². The fourth-order valence-corrected chi connectivity index (χ4v) is 4.14. The van der Waals surface area contributed by atoms with Gasteiger partial charge in [0.15, 0.2) is 0 Å². The molecule has 2 saturated carbocycles. The molecule has 100 valence electrons. The van der Waals surface area contributed by atoms with E-state index in [1.807, 2.05) is 6.07 Å². The molecule has 0 amide bonds. The minimum atomic E-state index is -0.819. The molecule has 2 heterocycles. The largest absolute Gasteiger partial charge is 0.477 e. The van der Waals surface area contributed by atoms with Gasteiger partial charge >= 0.3 is 5.97 Å². The van der Waals surface area contributed by atoms with E-state index in [1.165, 1.54) is 49.9 Å². The van der Waals surface area contributed by atoms with Crippen molar-refractivity contribution in [3.63, 3.8) is 0 Å². The molecule has 4 rings (SSSR count). The van der Waals surface area contributed by atoms with Crippen molar-refractivity contribution in [1.29, 1.82) is 0 Å². The predicted octanol–water partition coefficient (Wildman–Crippen LogP) is 3.79. The first kappa shape index (κ1) is 11.5. The predicted molar refractivity (Wildman–Crippen MR) is 74.0 cm³/mol. The second-order valence-corrected chi connectivity index (χ2v) is 6.71. The number of rotatable bonds is 3. The van der Waals surface area contributed by atoms with Crippen LogP contribution in [0.3, 0.4) is 0 Å². The van der Waals surface area contributed by atoms with E-state index < -0.39 is 5.97 Å². The Balaban J connectivity index is 1.88. The summed E-state index contributed by atoms with van der Waals surface area (Å²) in [5, 5.41) is 15.1. The third kappa shape index (κ3) is 1.79. The van der Waals surface area contributed by atoms with Gasteiger partial charge < -0.3 is 5.11 Å². The van der Waals surface area contributed by atoms with Gasteiger partial charge in [0.05, 0.1) is 11.7 Å². The highest BCUT2D eigenvalue weighted by Crippen LogP contribution is 2.45. The standard InChI is InChI=1S/C14H16N2O2S/c17-14(18)11-7-10-12(8-5-6-8)15-16(13(10)19-11)9-3-1-2-4-9/h7-9H,1-6H2,(H,17,18). The van der Waals surface area contributed by atoms with Crippen LogP contribution in [-0.2, 0) is 0 Å². The third-order valence-corrected chi connectivity index (χ3v) is 5.37. The van der Waals surface area contributed by atoms with Crippen molar-refractivity contribution >= 4 is 27.5 Å². The summed E-state index contributed by atoms with van der Waals surface area (Å²) < 4.78 is 2.13. The lowest BCUT2D eigenvalue weighted by atomic mass is 10.2. The van der Waals surface area contributed by atoms with Gasteiger partial charge in [-0.1, -0.05) is 12.8 Å². The van der Waals surface area contributed by atoms with E-state index in [2.05, 4.69) is 4.68 Å². The van der Waals surface area contributed by atoms with Crippen LogP contribution in [0, 0.1) is 0 Å². The molecule has 0 unspecified atom stereocenters. The number of carbonyl (C=O) groups is 1. The molecule has 5 heteroatoms. The number of fused-ring (bicyclic) bond motifs is 1. The van der Waals surface area contributed by atoms with Crippen LogP contribution in [0.25, 0.3) is 10.2 Å². The van der Waals surface area contributed by atoms with E-state index in [0.29, 0.717) is 16.8 Å². The average molecular weight is 276 g/mol. The Bertz CT molecular complexity index is 648. The smallest absolute Gasteiger partial charge is 0.345 e. The number of thiophene rings is 1. The summed E-state index contributed by atoms with van der Waals surface area (Å²) in [6.45, 7) is 0. The monoisotopic (exact) mass is 276 g/mol. The summed E-state index contributed by atoms with van der Waals surface area (Å²) in [4.78, 5) is 12.7. The Kier molecular flexibility index (Phi) is 2.45. The lowest BCUT2D eigenvalue weighted by molar-refractivity contribution is 0.0702. The summed E-state index contributed by atoms with van der Waals surface area (Å²) >= 11 is 1.39. The van der Waals surface area contributed by atoms with Crippen LogP contribution < -0.4 is 0 Å². The van der Waals surface area contributed by atoms with Crippen molar-refractivity contribution in [2.75, 3.05) is 0 Å². The van der Waals surface area contributed by atoms with Crippen molar-refractivity contribution in [3.8, 4) is 0 Å². The normalized spacial score (nSPS) is 20.4. The quantitative estimate of drug-likeness (QED) is 0.928. The fraction of sp³-hybridized carbons (Fsp3) is 0.571. The maximum absolute atomic E-state index is 11.2. The molecular weight excluding hydrogens is 260 g/mol. The Morgan fingerprint density at radius 3 is 2.68 bits per heavy atom. The van der Waals surface area contributed by atoms with E-state index in [4.69, 9.17) is 5.10 Å². The van der Waals surface area contributed by atoms with Gasteiger partial charge in [-0.2, -0.15) is 5.10 Å². The van der Waals surface area contributed by atoms with Gasteiger partial charge in [-0.05, 0) is 31.7 Å². The highest BCUT2D eigenvalue weighted by atomic mass is 32.1. The molecule has 2 aliphatic carbocycles. The maximum atomic E-state index is 11.2. The molecule has 0 radical (unpaired) electrons. The number of aromatic nitrogens is 2. The first-order chi connectivity index (χ1) is 9.24. The topological polar surface area (TPSA) is 55.1 Å². The van der Waals surface area contributed by atoms with E-state index in [1.54, 1.807) is 0 Å². The summed E-state index contributed by atoms with van der Waals surface area (Å²) in [5.41, 5.74) is 1.14. The SMILES string of the molecule is O=C(O)c1cc2c(C3CC3)nn(C3CCCC3)c2s1. The van der Waals surface area contributed by atoms with Gasteiger partial charge in [-0.25, -0.2) is 4.79 Å². The number of nitrogens with zero attached hydrogens (tertiary/aromatic N) is 2. The van der Waals surface area contributed by atoms with Gasteiger partial charge in [0.1, 0.15) is 9.71 Å². The van der Waals surface area contributed by atoms with Gasteiger partial charge in [0.2, 0.25) is 0 Å². The molecule has 0 saturated heterocycles. The maximum Gasteiger partial charge on any atom is 0.345 e. The van der Waals surface area contributed by atoms with Crippen LogP contribution in [-0.4, -0.2) is 20.9 Å². The van der Waals surface area contributed by atoms with Crippen LogP contribution in [0.15, 0.2) is 6.07 Å². The molecule has 0 aromatic carbocycles. The first-order valence-electron chi connectivity index (χ1n) is 6.99. The van der Waals surface area contributed by atoms with Crippen LogP contribution in [0.1, 0.15) is 65.9 Å². The molecule has 1 N–H and O–H groups in total. The highest BCUT2D eigenvalue weighted by molar-refractivity contribution is 7.20. The zero-order valence-corrected chi connectivity index (χ0v) is 11.4. The van der Waals surface area contributed by atoms with Gasteiger partial charge in [0, 0.05) is 11.3 Å². The Hall–Kier alpha value is -1.36. The second-order valence-electron chi connectivity index (χ2n) is 5.68. The van der Waals surface area contributed by atoms with Crippen molar-refractivity contribution < 1.29 is 9.90 Å². The lowest BCUT2D eigenvalue weighted by Crippen LogP contribution is -2.06. The van der Waals surface area contributed by atoms with E-state index >= 15 is 0 Å². The van der Waals surface area contributed by atoms with Crippen LogP contribution in [0.2, 0.25) is 0 Å². The third-order valence-electron chi connectivity index (χ3n) is 4.26. The van der Waals surface area contributed by atoms with E-state index in [0.717, 1.165) is 15.9 Å². The molecule has 2 aromatic heterocycles. The number of hydrogen-bond acceptors (Lipinski definition) is 3. The Morgan fingerprint density at radius 1 is 1.32 bits per heavy atom. The molecule has 0 aliphatic heterocycles. The Morgan fingerprint density at radius 2 is 2.05 bits per heavy atom. The van der Waals surface area contributed by atoms with Crippen LogP contribution in [0.5, 0.6) is 0 Å². The van der Waals surface area contributed by atoms with Gasteiger partial charge in [-0.15, -0.1) is 11.3 Å². The summed E-state index contributed by atoms with van der Waals surface area (Å²) in [7, 11) is 0. The molecular formula is C14H16N2O2S. The van der Waals surface area contributed by atoms with Crippen molar-refractivity contribution in [1.82, 2.24) is 9.78 Å². The highest BCUT2D eigenvalue weighted by Gasteiger charge is 2.32. The molecule has 4 nitrogen and oxygen atoms in total. The van der Waals surface area contributed by atoms with Gasteiger partial charge in [0.25, 0.3) is 0 Å². The van der Waals surface area contributed by atoms with Crippen molar-refractivity contribution in [2.24, 2.45) is 0 Å². The molecule has 2 aromatic rings. The molecule has 0 atom stereocenters. The number of hydrogen-bond donors (Lipinski definition) is 1. The van der Waals surface area contributed by atoms with Gasteiger partial charge in [-0.3, -0.25) is 4.68 Å². The zero-order chi connectivity index (χ0) is 13.0. The number of carboxylic acid groups (broad SMARTS) is 1. The number of carboxylic acids is 1. The first-order valence-corrected chi connectivity index (χ1v) is 7.81. The summed E-state index contributed by atoms with van der Waals surface area (Å²) in [5.74, 6) is -0.248. The minimum absolute atomic E-state index is 0.445. The van der Waals surface area contributed by atoms with Crippen LogP contribution in [0.4, 0.5) is 0 Å². The molecule has 2 aliphatic rings.